The monoisotopic (exact) mass is 435 g/mol. The first-order chi connectivity index (χ1) is 10.5. The quantitative estimate of drug-likeness (QED) is 0.470. The van der Waals surface area contributed by atoms with Crippen molar-refractivity contribution in [3.8, 4) is 11.5 Å². The molecule has 0 saturated carbocycles. The smallest absolute Gasteiger partial charge is 0.119 e. The number of hydrogen-bond acceptors (Lipinski definition) is 2. The summed E-state index contributed by atoms with van der Waals surface area (Å²) >= 11 is 0. The molecular formula is C28H66O2. The van der Waals surface area contributed by atoms with Crippen LogP contribution in [0.3, 0.4) is 0 Å². The van der Waals surface area contributed by atoms with Gasteiger partial charge in [-0.05, 0) is 40.5 Å². The topological polar surface area (TPSA) is 18.5 Å². The van der Waals surface area contributed by atoms with Crippen LogP contribution in [-0.2, 0) is 0 Å². The molecule has 0 N–H and O–H groups in total. The van der Waals surface area contributed by atoms with Crippen molar-refractivity contribution in [2.75, 3.05) is 13.7 Å². The number of benzene rings is 1. The minimum absolute atomic E-state index is 0. The van der Waals surface area contributed by atoms with Crippen LogP contribution in [0.2, 0.25) is 0 Å². The lowest BCUT2D eigenvalue weighted by atomic mass is 9.99. The van der Waals surface area contributed by atoms with E-state index in [1.54, 1.807) is 7.11 Å². The van der Waals surface area contributed by atoms with E-state index in [4.69, 9.17) is 9.47 Å². The molecule has 1 aromatic carbocycles. The van der Waals surface area contributed by atoms with Crippen molar-refractivity contribution in [1.82, 2.24) is 0 Å². The van der Waals surface area contributed by atoms with E-state index in [2.05, 4.69) is 76.2 Å². The van der Waals surface area contributed by atoms with Gasteiger partial charge in [0.15, 0.2) is 0 Å². The van der Waals surface area contributed by atoms with Crippen LogP contribution in [-0.4, -0.2) is 13.7 Å². The molecule has 190 valence electrons. The first-order valence-corrected chi connectivity index (χ1v) is 8.78. The summed E-state index contributed by atoms with van der Waals surface area (Å²) in [5.41, 5.74) is 1.19. The zero-order chi connectivity index (χ0) is 19.6. The Balaban J connectivity index is -0.0000000438. The Morgan fingerprint density at radius 3 is 0.967 bits per heavy atom. The molecule has 0 amide bonds. The Kier molecular flexibility index (Phi) is 38.6. The van der Waals surface area contributed by atoms with Crippen LogP contribution in [0, 0.1) is 16.2 Å². The van der Waals surface area contributed by atoms with Crippen molar-refractivity contribution >= 4 is 0 Å². The summed E-state index contributed by atoms with van der Waals surface area (Å²) in [6.45, 7) is 24.7. The van der Waals surface area contributed by atoms with Gasteiger partial charge in [-0.1, -0.05) is 121 Å². The molecule has 0 bridgehead atoms. The lowest BCUT2D eigenvalue weighted by molar-refractivity contribution is 0.198. The molecular weight excluding hydrogens is 368 g/mol. The highest BCUT2D eigenvalue weighted by Crippen LogP contribution is 2.20. The van der Waals surface area contributed by atoms with Gasteiger partial charge in [0.05, 0.1) is 13.7 Å². The molecule has 0 fully saturated rings. The molecule has 0 spiro atoms. The standard InChI is InChI=1S/C12H18O2.2C5H12.6CH4/c1-12(2,3)9-14-11-7-5-10(13-4)6-8-11;2*1-5(2,3)4;;;;;;/h5-8H,9H2,1-4H3;2*1-4H3;6*1H4. The summed E-state index contributed by atoms with van der Waals surface area (Å²) < 4.78 is 10.7. The van der Waals surface area contributed by atoms with Gasteiger partial charge in [0.2, 0.25) is 0 Å². The number of rotatable bonds is 3. The Bertz CT molecular complexity index is 388. The van der Waals surface area contributed by atoms with Gasteiger partial charge < -0.3 is 9.47 Å². The first-order valence-electron chi connectivity index (χ1n) is 8.78. The largest absolute Gasteiger partial charge is 0.497 e. The molecule has 0 unspecified atom stereocenters. The molecule has 0 aromatic heterocycles. The summed E-state index contributed by atoms with van der Waals surface area (Å²) in [4.78, 5) is 0. The third-order valence-electron chi connectivity index (χ3n) is 1.73. The van der Waals surface area contributed by atoms with Gasteiger partial charge in [-0.2, -0.15) is 0 Å². The van der Waals surface area contributed by atoms with Gasteiger partial charge in [-0.15, -0.1) is 0 Å². The van der Waals surface area contributed by atoms with Crippen molar-refractivity contribution in [3.63, 3.8) is 0 Å². The Morgan fingerprint density at radius 1 is 0.533 bits per heavy atom. The molecule has 0 atom stereocenters. The van der Waals surface area contributed by atoms with Crippen LogP contribution in [0.4, 0.5) is 0 Å². The summed E-state index contributed by atoms with van der Waals surface area (Å²) in [6, 6.07) is 7.64. The average Bonchev–Trinajstić information content (AvgIpc) is 2.32. The van der Waals surface area contributed by atoms with Crippen molar-refractivity contribution < 1.29 is 9.47 Å². The Labute approximate surface area is 196 Å². The van der Waals surface area contributed by atoms with E-state index in [-0.39, 0.29) is 50.0 Å². The summed E-state index contributed by atoms with van der Waals surface area (Å²) in [5, 5.41) is 0. The van der Waals surface area contributed by atoms with Gasteiger partial charge in [0.25, 0.3) is 0 Å². The Hall–Kier alpha value is -1.18. The molecule has 0 aliphatic carbocycles. The third kappa shape index (κ3) is 63.2. The van der Waals surface area contributed by atoms with Gasteiger partial charge in [-0.3, -0.25) is 0 Å². The summed E-state index contributed by atoms with van der Waals surface area (Å²) in [6.07, 6.45) is 0. The van der Waals surface area contributed by atoms with E-state index in [0.29, 0.717) is 10.8 Å². The van der Waals surface area contributed by atoms with Crippen molar-refractivity contribution in [2.24, 2.45) is 16.2 Å². The fraction of sp³-hybridized carbons (Fsp3) is 0.786. The van der Waals surface area contributed by atoms with Crippen molar-refractivity contribution in [1.29, 1.82) is 0 Å². The van der Waals surface area contributed by atoms with Gasteiger partial charge in [0, 0.05) is 0 Å². The van der Waals surface area contributed by atoms with E-state index >= 15 is 0 Å². The van der Waals surface area contributed by atoms with Gasteiger partial charge in [0.1, 0.15) is 11.5 Å². The summed E-state index contributed by atoms with van der Waals surface area (Å²) in [5.74, 6) is 1.74. The van der Waals surface area contributed by atoms with E-state index in [1.165, 1.54) is 0 Å². The molecule has 1 rings (SSSR count). The highest BCUT2D eigenvalue weighted by atomic mass is 16.5. The van der Waals surface area contributed by atoms with E-state index in [9.17, 15) is 0 Å². The maximum absolute atomic E-state index is 5.61. The molecule has 1 aromatic rings. The molecule has 0 aliphatic heterocycles. The lowest BCUT2D eigenvalue weighted by Crippen LogP contribution is -2.16. The van der Waals surface area contributed by atoms with E-state index in [1.807, 2.05) is 24.3 Å². The molecule has 30 heavy (non-hydrogen) atoms. The van der Waals surface area contributed by atoms with Crippen LogP contribution in [0.1, 0.15) is 121 Å². The predicted molar refractivity (Wildman–Crippen MR) is 149 cm³/mol. The second-order valence-electron chi connectivity index (χ2n) is 10.5. The van der Waals surface area contributed by atoms with Crippen LogP contribution in [0.25, 0.3) is 0 Å². The maximum Gasteiger partial charge on any atom is 0.119 e. The highest BCUT2D eigenvalue weighted by molar-refractivity contribution is 5.31. The summed E-state index contributed by atoms with van der Waals surface area (Å²) in [7, 11) is 1.66. The fourth-order valence-corrected chi connectivity index (χ4v) is 0.972. The van der Waals surface area contributed by atoms with Crippen LogP contribution < -0.4 is 9.47 Å². The first kappa shape index (κ1) is 51.5. The third-order valence-corrected chi connectivity index (χ3v) is 1.73. The molecule has 0 saturated heterocycles. The van der Waals surface area contributed by atoms with E-state index in [0.717, 1.165) is 18.1 Å². The second kappa shape index (κ2) is 22.5. The number of ether oxygens (including phenoxy) is 2. The molecule has 2 heteroatoms. The zero-order valence-corrected chi connectivity index (χ0v) is 18.3. The number of hydrogen-bond donors (Lipinski definition) is 0. The zero-order valence-electron chi connectivity index (χ0n) is 18.3. The number of methoxy groups -OCH3 is 1. The normalized spacial score (nSPS) is 9.20. The maximum atomic E-state index is 5.61. The van der Waals surface area contributed by atoms with Gasteiger partial charge >= 0.3 is 0 Å². The SMILES string of the molecule is C.C.C.C.C.C.CC(C)(C)C.CC(C)(C)C.COc1ccc(OCC(C)(C)C)cc1. The van der Waals surface area contributed by atoms with Crippen molar-refractivity contribution in [2.45, 2.75) is 121 Å². The minimum atomic E-state index is 0. The average molecular weight is 435 g/mol. The lowest BCUT2D eigenvalue weighted by Gasteiger charge is -2.18. The van der Waals surface area contributed by atoms with E-state index < -0.39 is 0 Å². The molecule has 0 aliphatic rings. The fourth-order valence-electron chi connectivity index (χ4n) is 0.972. The van der Waals surface area contributed by atoms with Gasteiger partial charge in [-0.25, -0.2) is 0 Å². The molecule has 2 nitrogen and oxygen atoms in total. The van der Waals surface area contributed by atoms with Crippen LogP contribution in [0.15, 0.2) is 24.3 Å². The van der Waals surface area contributed by atoms with Crippen LogP contribution >= 0.6 is 0 Å². The van der Waals surface area contributed by atoms with Crippen molar-refractivity contribution in [3.05, 3.63) is 24.3 Å². The Morgan fingerprint density at radius 2 is 0.767 bits per heavy atom. The highest BCUT2D eigenvalue weighted by Gasteiger charge is 2.10. The van der Waals surface area contributed by atoms with Crippen LogP contribution in [0.5, 0.6) is 11.5 Å². The molecule has 0 radical (unpaired) electrons. The molecule has 0 heterocycles. The predicted octanol–water partition coefficient (Wildman–Crippen LogP) is 11.0. The minimum Gasteiger partial charge on any atom is -0.497 e. The second-order valence-corrected chi connectivity index (χ2v) is 10.5.